The Labute approximate surface area is 106 Å². The van der Waals surface area contributed by atoms with E-state index in [2.05, 4.69) is 37.3 Å². The van der Waals surface area contributed by atoms with Crippen molar-refractivity contribution in [3.8, 4) is 0 Å². The lowest BCUT2D eigenvalue weighted by Gasteiger charge is -2.31. The summed E-state index contributed by atoms with van der Waals surface area (Å²) in [6, 6.07) is 0.501. The van der Waals surface area contributed by atoms with Gasteiger partial charge in [-0.05, 0) is 19.4 Å². The van der Waals surface area contributed by atoms with E-state index < -0.39 is 0 Å². The van der Waals surface area contributed by atoms with Crippen LogP contribution in [0, 0.1) is 0 Å². The number of hydrogen-bond donors (Lipinski definition) is 2. The Kier molecular flexibility index (Phi) is 3.10. The lowest BCUT2D eigenvalue weighted by atomic mass is 10.1. The number of anilines is 1. The largest absolute Gasteiger partial charge is 0.367 e. The third kappa shape index (κ3) is 2.15. The Morgan fingerprint density at radius 1 is 1.39 bits per heavy atom. The van der Waals surface area contributed by atoms with Crippen LogP contribution in [-0.2, 0) is 0 Å². The summed E-state index contributed by atoms with van der Waals surface area (Å²) >= 11 is 0. The van der Waals surface area contributed by atoms with E-state index in [9.17, 15) is 0 Å². The number of fused-ring (bicyclic) bond motifs is 1. The van der Waals surface area contributed by atoms with Gasteiger partial charge in [0.25, 0.3) is 0 Å². The summed E-state index contributed by atoms with van der Waals surface area (Å²) in [6.07, 6.45) is 5.68. The van der Waals surface area contributed by atoms with Crippen molar-refractivity contribution in [2.24, 2.45) is 0 Å². The number of H-pyrrole nitrogens is 1. The molecule has 6 heteroatoms. The molecule has 18 heavy (non-hydrogen) atoms. The zero-order valence-electron chi connectivity index (χ0n) is 10.6. The highest BCUT2D eigenvalue weighted by Gasteiger charge is 2.19. The molecule has 0 amide bonds. The minimum Gasteiger partial charge on any atom is -0.367 e. The molecule has 3 heterocycles. The van der Waals surface area contributed by atoms with Crippen LogP contribution in [0.5, 0.6) is 0 Å². The first-order valence-electron chi connectivity index (χ1n) is 6.50. The molecular weight excluding hydrogens is 228 g/mol. The average Bonchev–Trinajstić information content (AvgIpc) is 2.89. The fourth-order valence-electron chi connectivity index (χ4n) is 2.47. The van der Waals surface area contributed by atoms with Gasteiger partial charge in [-0.25, -0.2) is 9.97 Å². The quantitative estimate of drug-likeness (QED) is 0.853. The van der Waals surface area contributed by atoms with E-state index in [0.29, 0.717) is 6.04 Å². The Morgan fingerprint density at radius 3 is 3.00 bits per heavy atom. The monoisotopic (exact) mass is 246 g/mol. The summed E-state index contributed by atoms with van der Waals surface area (Å²) in [4.78, 5) is 10.9. The smallest absolute Gasteiger partial charge is 0.160 e. The van der Waals surface area contributed by atoms with Gasteiger partial charge in [0.1, 0.15) is 12.1 Å². The molecule has 0 aliphatic carbocycles. The van der Waals surface area contributed by atoms with Crippen molar-refractivity contribution in [2.45, 2.75) is 25.8 Å². The summed E-state index contributed by atoms with van der Waals surface area (Å²) in [5.41, 5.74) is 0.790. The van der Waals surface area contributed by atoms with Gasteiger partial charge in [0.2, 0.25) is 0 Å². The maximum atomic E-state index is 4.32. The van der Waals surface area contributed by atoms with Crippen molar-refractivity contribution >= 4 is 16.9 Å². The number of aromatic amines is 1. The normalized spacial score (nSPS) is 18.3. The first-order chi connectivity index (χ1) is 8.86. The van der Waals surface area contributed by atoms with E-state index in [1.807, 2.05) is 0 Å². The van der Waals surface area contributed by atoms with E-state index in [1.165, 1.54) is 0 Å². The molecule has 1 aliphatic heterocycles. The van der Waals surface area contributed by atoms with Gasteiger partial charge in [-0.1, -0.05) is 6.92 Å². The molecule has 0 saturated carbocycles. The molecule has 0 radical (unpaired) electrons. The second-order valence-corrected chi connectivity index (χ2v) is 4.71. The van der Waals surface area contributed by atoms with E-state index in [-0.39, 0.29) is 0 Å². The molecule has 6 nitrogen and oxygen atoms in total. The molecule has 0 atom stereocenters. The van der Waals surface area contributed by atoms with Crippen molar-refractivity contribution in [3.63, 3.8) is 0 Å². The number of piperidine rings is 1. The SMILES string of the molecule is CCN1CCC(Nc2ncnc3[nH]ncc23)CC1. The van der Waals surface area contributed by atoms with E-state index in [4.69, 9.17) is 0 Å². The van der Waals surface area contributed by atoms with Gasteiger partial charge in [-0.15, -0.1) is 0 Å². The van der Waals surface area contributed by atoms with Crippen LogP contribution in [0.25, 0.3) is 11.0 Å². The zero-order chi connectivity index (χ0) is 12.4. The lowest BCUT2D eigenvalue weighted by molar-refractivity contribution is 0.229. The average molecular weight is 246 g/mol. The van der Waals surface area contributed by atoms with Crippen molar-refractivity contribution in [3.05, 3.63) is 12.5 Å². The van der Waals surface area contributed by atoms with Crippen LogP contribution < -0.4 is 5.32 Å². The van der Waals surface area contributed by atoms with Crippen molar-refractivity contribution in [1.82, 2.24) is 25.1 Å². The van der Waals surface area contributed by atoms with Gasteiger partial charge in [-0.2, -0.15) is 5.10 Å². The zero-order valence-corrected chi connectivity index (χ0v) is 10.6. The highest BCUT2D eigenvalue weighted by Crippen LogP contribution is 2.20. The highest BCUT2D eigenvalue weighted by atomic mass is 15.2. The number of aromatic nitrogens is 4. The molecule has 0 bridgehead atoms. The number of likely N-dealkylation sites (tertiary alicyclic amines) is 1. The minimum atomic E-state index is 0.501. The van der Waals surface area contributed by atoms with Gasteiger partial charge in [-0.3, -0.25) is 5.10 Å². The van der Waals surface area contributed by atoms with Crippen LogP contribution in [-0.4, -0.2) is 50.7 Å². The van der Waals surface area contributed by atoms with Crippen molar-refractivity contribution in [2.75, 3.05) is 25.0 Å². The van der Waals surface area contributed by atoms with Crippen molar-refractivity contribution in [1.29, 1.82) is 0 Å². The van der Waals surface area contributed by atoms with Gasteiger partial charge in [0.15, 0.2) is 5.65 Å². The van der Waals surface area contributed by atoms with Crippen molar-refractivity contribution < 1.29 is 0 Å². The maximum Gasteiger partial charge on any atom is 0.160 e. The third-order valence-electron chi connectivity index (χ3n) is 3.62. The minimum absolute atomic E-state index is 0.501. The predicted octanol–water partition coefficient (Wildman–Crippen LogP) is 1.25. The number of nitrogens with zero attached hydrogens (tertiary/aromatic N) is 4. The molecule has 0 unspecified atom stereocenters. The summed E-state index contributed by atoms with van der Waals surface area (Å²) < 4.78 is 0. The molecule has 0 aromatic carbocycles. The molecular formula is C12H18N6. The molecule has 1 aliphatic rings. The van der Waals surface area contributed by atoms with Crippen LogP contribution in [0.3, 0.4) is 0 Å². The second-order valence-electron chi connectivity index (χ2n) is 4.71. The number of hydrogen-bond acceptors (Lipinski definition) is 5. The molecule has 3 rings (SSSR count). The standard InChI is InChI=1S/C12H18N6/c1-2-18-5-3-9(4-6-18)16-11-10-7-15-17-12(10)14-8-13-11/h7-9H,2-6H2,1H3,(H2,13,14,15,16,17). The predicted molar refractivity (Wildman–Crippen MR) is 70.4 cm³/mol. The van der Waals surface area contributed by atoms with Crippen LogP contribution in [0.1, 0.15) is 19.8 Å². The highest BCUT2D eigenvalue weighted by molar-refractivity contribution is 5.85. The maximum absolute atomic E-state index is 4.32. The summed E-state index contributed by atoms with van der Waals surface area (Å²) in [5.74, 6) is 0.892. The summed E-state index contributed by atoms with van der Waals surface area (Å²) in [7, 11) is 0. The van der Waals surface area contributed by atoms with E-state index >= 15 is 0 Å². The fraction of sp³-hybridized carbons (Fsp3) is 0.583. The van der Waals surface area contributed by atoms with Gasteiger partial charge >= 0.3 is 0 Å². The molecule has 1 fully saturated rings. The Bertz CT molecular complexity index is 514. The first-order valence-corrected chi connectivity index (χ1v) is 6.50. The number of nitrogens with one attached hydrogen (secondary N) is 2. The Morgan fingerprint density at radius 2 is 2.22 bits per heavy atom. The summed E-state index contributed by atoms with van der Waals surface area (Å²) in [5, 5.41) is 11.4. The third-order valence-corrected chi connectivity index (χ3v) is 3.62. The van der Waals surface area contributed by atoms with Gasteiger partial charge in [0, 0.05) is 19.1 Å². The van der Waals surface area contributed by atoms with E-state index in [0.717, 1.165) is 49.3 Å². The Hall–Kier alpha value is -1.69. The van der Waals surface area contributed by atoms with Crippen LogP contribution in [0.2, 0.25) is 0 Å². The van der Waals surface area contributed by atoms with Gasteiger partial charge < -0.3 is 10.2 Å². The fourth-order valence-corrected chi connectivity index (χ4v) is 2.47. The van der Waals surface area contributed by atoms with Gasteiger partial charge in [0.05, 0.1) is 11.6 Å². The van der Waals surface area contributed by atoms with E-state index in [1.54, 1.807) is 12.5 Å². The second kappa shape index (κ2) is 4.89. The number of rotatable bonds is 3. The first kappa shape index (κ1) is 11.4. The molecule has 96 valence electrons. The molecule has 2 aromatic rings. The van der Waals surface area contributed by atoms with Crippen LogP contribution in [0.15, 0.2) is 12.5 Å². The molecule has 0 spiro atoms. The topological polar surface area (TPSA) is 69.7 Å². The molecule has 2 aromatic heterocycles. The molecule has 2 N–H and O–H groups in total. The van der Waals surface area contributed by atoms with Crippen LogP contribution in [0.4, 0.5) is 5.82 Å². The molecule has 1 saturated heterocycles. The Balaban J connectivity index is 1.71. The van der Waals surface area contributed by atoms with Crippen LogP contribution >= 0.6 is 0 Å². The lowest BCUT2D eigenvalue weighted by Crippen LogP contribution is -2.39. The summed E-state index contributed by atoms with van der Waals surface area (Å²) in [6.45, 7) is 5.68.